The molecule has 84 valence electrons. The van der Waals surface area contributed by atoms with Gasteiger partial charge in [0.1, 0.15) is 0 Å². The molecule has 1 heterocycles. The van der Waals surface area contributed by atoms with Gasteiger partial charge in [0.25, 0.3) is 0 Å². The molecule has 1 aliphatic rings. The van der Waals surface area contributed by atoms with Crippen molar-refractivity contribution in [3.63, 3.8) is 0 Å². The first kappa shape index (κ1) is 11.2. The molecule has 0 saturated heterocycles. The first-order chi connectivity index (χ1) is 6.93. The van der Waals surface area contributed by atoms with Crippen LogP contribution in [0.2, 0.25) is 0 Å². The summed E-state index contributed by atoms with van der Waals surface area (Å²) in [7, 11) is 0. The van der Waals surface area contributed by atoms with E-state index in [2.05, 4.69) is 32.2 Å². The Morgan fingerprint density at radius 2 is 1.80 bits per heavy atom. The van der Waals surface area contributed by atoms with Crippen molar-refractivity contribution in [3.8, 4) is 0 Å². The SMILES string of the molecule is Cc1sccc1C1(O)CCC(C)(C)CC1. The molecule has 1 saturated carbocycles. The second kappa shape index (κ2) is 3.60. The van der Waals surface area contributed by atoms with Crippen molar-refractivity contribution in [2.45, 2.75) is 52.1 Å². The van der Waals surface area contributed by atoms with Gasteiger partial charge < -0.3 is 5.11 Å². The minimum absolute atomic E-state index is 0.413. The maximum absolute atomic E-state index is 10.7. The molecule has 1 fully saturated rings. The Morgan fingerprint density at radius 3 is 2.27 bits per heavy atom. The Labute approximate surface area is 96.1 Å². The molecular weight excluding hydrogens is 204 g/mol. The third-order valence-corrected chi connectivity index (χ3v) is 4.64. The molecule has 1 aromatic rings. The van der Waals surface area contributed by atoms with E-state index < -0.39 is 5.60 Å². The molecule has 15 heavy (non-hydrogen) atoms. The van der Waals surface area contributed by atoms with E-state index in [1.165, 1.54) is 10.4 Å². The molecule has 1 aromatic heterocycles. The molecule has 0 spiro atoms. The topological polar surface area (TPSA) is 20.2 Å². The molecule has 0 amide bonds. The molecule has 0 bridgehead atoms. The molecule has 0 aliphatic heterocycles. The van der Waals surface area contributed by atoms with Gasteiger partial charge in [0, 0.05) is 4.88 Å². The lowest BCUT2D eigenvalue weighted by molar-refractivity contribution is -0.0306. The highest BCUT2D eigenvalue weighted by Crippen LogP contribution is 2.46. The van der Waals surface area contributed by atoms with Crippen molar-refractivity contribution in [2.75, 3.05) is 0 Å². The van der Waals surface area contributed by atoms with Gasteiger partial charge in [-0.05, 0) is 55.0 Å². The normalized spacial score (nSPS) is 24.0. The molecule has 2 heteroatoms. The molecule has 0 aromatic carbocycles. The van der Waals surface area contributed by atoms with Crippen LogP contribution in [-0.2, 0) is 5.60 Å². The summed E-state index contributed by atoms with van der Waals surface area (Å²) < 4.78 is 0. The van der Waals surface area contributed by atoms with Gasteiger partial charge in [-0.15, -0.1) is 11.3 Å². The van der Waals surface area contributed by atoms with Crippen LogP contribution in [0.4, 0.5) is 0 Å². The van der Waals surface area contributed by atoms with Crippen LogP contribution in [-0.4, -0.2) is 5.11 Å². The van der Waals surface area contributed by atoms with Gasteiger partial charge in [-0.3, -0.25) is 0 Å². The lowest BCUT2D eigenvalue weighted by Crippen LogP contribution is -2.34. The van der Waals surface area contributed by atoms with Crippen LogP contribution < -0.4 is 0 Å². The van der Waals surface area contributed by atoms with Gasteiger partial charge in [0.05, 0.1) is 5.60 Å². The Bertz CT molecular complexity index is 341. The third-order valence-electron chi connectivity index (χ3n) is 3.79. The summed E-state index contributed by atoms with van der Waals surface area (Å²) in [6, 6.07) is 2.10. The van der Waals surface area contributed by atoms with E-state index in [1.54, 1.807) is 11.3 Å². The fourth-order valence-electron chi connectivity index (χ4n) is 2.48. The second-order valence-electron chi connectivity index (χ2n) is 5.59. The van der Waals surface area contributed by atoms with Crippen LogP contribution in [0, 0.1) is 12.3 Å². The number of aliphatic hydroxyl groups is 1. The lowest BCUT2D eigenvalue weighted by Gasteiger charge is -2.40. The predicted molar refractivity (Wildman–Crippen MR) is 65.2 cm³/mol. The zero-order valence-electron chi connectivity index (χ0n) is 9.84. The average Bonchev–Trinajstić information content (AvgIpc) is 2.58. The van der Waals surface area contributed by atoms with E-state index in [0.29, 0.717) is 5.41 Å². The lowest BCUT2D eigenvalue weighted by atomic mass is 9.69. The van der Waals surface area contributed by atoms with Crippen molar-refractivity contribution in [1.82, 2.24) is 0 Å². The summed E-state index contributed by atoms with van der Waals surface area (Å²) >= 11 is 1.74. The van der Waals surface area contributed by atoms with E-state index in [0.717, 1.165) is 25.7 Å². The molecule has 0 unspecified atom stereocenters. The highest BCUT2D eigenvalue weighted by atomic mass is 32.1. The van der Waals surface area contributed by atoms with Crippen LogP contribution in [0.5, 0.6) is 0 Å². The average molecular weight is 224 g/mol. The van der Waals surface area contributed by atoms with Crippen molar-refractivity contribution in [2.24, 2.45) is 5.41 Å². The van der Waals surface area contributed by atoms with Crippen LogP contribution in [0.1, 0.15) is 50.0 Å². The molecular formula is C13H20OS. The molecule has 0 atom stereocenters. The van der Waals surface area contributed by atoms with E-state index in [9.17, 15) is 5.11 Å². The summed E-state index contributed by atoms with van der Waals surface area (Å²) in [5, 5.41) is 12.7. The highest BCUT2D eigenvalue weighted by molar-refractivity contribution is 7.10. The van der Waals surface area contributed by atoms with Gasteiger partial charge in [-0.2, -0.15) is 0 Å². The minimum Gasteiger partial charge on any atom is -0.385 e. The van der Waals surface area contributed by atoms with Gasteiger partial charge in [-0.1, -0.05) is 13.8 Å². The smallest absolute Gasteiger partial charge is 0.0907 e. The van der Waals surface area contributed by atoms with Crippen molar-refractivity contribution in [1.29, 1.82) is 0 Å². The molecule has 1 nitrogen and oxygen atoms in total. The van der Waals surface area contributed by atoms with Crippen LogP contribution in [0.3, 0.4) is 0 Å². The quantitative estimate of drug-likeness (QED) is 0.768. The number of thiophene rings is 1. The second-order valence-corrected chi connectivity index (χ2v) is 6.71. The van der Waals surface area contributed by atoms with Crippen molar-refractivity contribution >= 4 is 11.3 Å². The molecule has 0 radical (unpaired) electrons. The minimum atomic E-state index is -0.542. The molecule has 1 aliphatic carbocycles. The van der Waals surface area contributed by atoms with Crippen LogP contribution in [0.15, 0.2) is 11.4 Å². The summed E-state index contributed by atoms with van der Waals surface area (Å²) in [5.41, 5.74) is 1.04. The summed E-state index contributed by atoms with van der Waals surface area (Å²) in [6.07, 6.45) is 4.08. The van der Waals surface area contributed by atoms with Gasteiger partial charge in [-0.25, -0.2) is 0 Å². The standard InChI is InChI=1S/C13H20OS/c1-10-11(4-9-15-10)13(14)7-5-12(2,3)6-8-13/h4,9,14H,5-8H2,1-3H3. The molecule has 1 N–H and O–H groups in total. The Hall–Kier alpha value is -0.340. The van der Waals surface area contributed by atoms with E-state index in [1.807, 2.05) is 0 Å². The van der Waals surface area contributed by atoms with Gasteiger partial charge in [0.15, 0.2) is 0 Å². The van der Waals surface area contributed by atoms with Crippen LogP contribution >= 0.6 is 11.3 Å². The summed E-state index contributed by atoms with van der Waals surface area (Å²) in [5.74, 6) is 0. The van der Waals surface area contributed by atoms with Crippen molar-refractivity contribution in [3.05, 3.63) is 21.9 Å². The Kier molecular flexibility index (Phi) is 2.68. The first-order valence-corrected chi connectivity index (χ1v) is 6.58. The first-order valence-electron chi connectivity index (χ1n) is 5.70. The van der Waals surface area contributed by atoms with Gasteiger partial charge >= 0.3 is 0 Å². The zero-order valence-corrected chi connectivity index (χ0v) is 10.7. The highest BCUT2D eigenvalue weighted by Gasteiger charge is 2.38. The monoisotopic (exact) mass is 224 g/mol. The summed E-state index contributed by atoms with van der Waals surface area (Å²) in [6.45, 7) is 6.71. The maximum atomic E-state index is 10.7. The summed E-state index contributed by atoms with van der Waals surface area (Å²) in [4.78, 5) is 1.28. The Morgan fingerprint density at radius 1 is 1.20 bits per heavy atom. The van der Waals surface area contributed by atoms with Crippen LogP contribution in [0.25, 0.3) is 0 Å². The number of aryl methyl sites for hydroxylation is 1. The fourth-order valence-corrected chi connectivity index (χ4v) is 3.27. The maximum Gasteiger partial charge on any atom is 0.0907 e. The third kappa shape index (κ3) is 2.11. The van der Waals surface area contributed by atoms with Gasteiger partial charge in [0.2, 0.25) is 0 Å². The predicted octanol–water partition coefficient (Wildman–Crippen LogP) is 3.84. The fraction of sp³-hybridized carbons (Fsp3) is 0.692. The number of rotatable bonds is 1. The van der Waals surface area contributed by atoms with E-state index >= 15 is 0 Å². The molecule has 2 rings (SSSR count). The van der Waals surface area contributed by atoms with E-state index in [4.69, 9.17) is 0 Å². The van der Waals surface area contributed by atoms with Crippen molar-refractivity contribution < 1.29 is 5.11 Å². The van der Waals surface area contributed by atoms with E-state index in [-0.39, 0.29) is 0 Å². The largest absolute Gasteiger partial charge is 0.385 e. The number of hydrogen-bond donors (Lipinski definition) is 1. The zero-order chi connectivity index (χ0) is 11.1. The number of hydrogen-bond acceptors (Lipinski definition) is 2. The Balaban J connectivity index is 2.20.